The van der Waals surface area contributed by atoms with E-state index in [2.05, 4.69) is 15.4 Å². The lowest BCUT2D eigenvalue weighted by Crippen LogP contribution is -2.23. The third-order valence-corrected chi connectivity index (χ3v) is 5.54. The highest BCUT2D eigenvalue weighted by Crippen LogP contribution is 2.30. The number of nitrogens with two attached hydrogens (primary N) is 1. The van der Waals surface area contributed by atoms with E-state index >= 15 is 0 Å². The number of benzene rings is 1. The molecule has 0 bridgehead atoms. The fourth-order valence-electron chi connectivity index (χ4n) is 2.94. The Bertz CT molecular complexity index is 1520. The van der Waals surface area contributed by atoms with E-state index < -0.39 is 12.1 Å². The van der Waals surface area contributed by atoms with Crippen LogP contribution >= 0.6 is 11.3 Å². The largest absolute Gasteiger partial charge is 0.490 e. The second-order valence-electron chi connectivity index (χ2n) is 7.24. The van der Waals surface area contributed by atoms with Gasteiger partial charge in [-0.1, -0.05) is 17.4 Å². The van der Waals surface area contributed by atoms with E-state index in [0.29, 0.717) is 17.1 Å². The Balaban J connectivity index is 0.000000454. The van der Waals surface area contributed by atoms with Gasteiger partial charge in [0.15, 0.2) is 10.8 Å². The zero-order valence-electron chi connectivity index (χ0n) is 18.4. The predicted octanol–water partition coefficient (Wildman–Crippen LogP) is 3.18. The lowest BCUT2D eigenvalue weighted by atomic mass is 10.1. The number of anilines is 1. The van der Waals surface area contributed by atoms with Crippen LogP contribution in [0.5, 0.6) is 0 Å². The Morgan fingerprint density at radius 1 is 1.22 bits per heavy atom. The first-order valence-corrected chi connectivity index (χ1v) is 10.8. The van der Waals surface area contributed by atoms with Crippen LogP contribution in [0.3, 0.4) is 0 Å². The van der Waals surface area contributed by atoms with E-state index in [1.54, 1.807) is 12.3 Å². The van der Waals surface area contributed by atoms with Crippen molar-refractivity contribution in [1.82, 2.24) is 19.2 Å². The minimum absolute atomic E-state index is 0.000441. The minimum atomic E-state index is -5.08. The summed E-state index contributed by atoms with van der Waals surface area (Å²) in [4.78, 5) is 37.2. The summed E-state index contributed by atoms with van der Waals surface area (Å²) in [5, 5.41) is 14.6. The number of amides is 1. The molecule has 0 saturated heterocycles. The lowest BCUT2D eigenvalue weighted by Gasteiger charge is -2.02. The standard InChI is InChI=1S/C19H17FN6O2S.C2HF3O2/c1-11(27)22-18-23-15-6-13(2-4-16(15)29-18)14-3-5-17-24-26(9-12(7-20)8-21)19(28)25(17)10-14;3-2(4,5)1(6)7/h2-7,10H,8-9,21H2,1H3,(H,22,23,27);(H,6,7)/b12-7+;. The molecule has 4 N–H and O–H groups in total. The molecule has 0 unspecified atom stereocenters. The van der Waals surface area contributed by atoms with Crippen LogP contribution in [-0.4, -0.2) is 48.9 Å². The number of aromatic nitrogens is 4. The molecular formula is C21H18F4N6O4S. The zero-order valence-corrected chi connectivity index (χ0v) is 19.2. The number of carbonyl (C=O) groups is 2. The van der Waals surface area contributed by atoms with Gasteiger partial charge in [0.1, 0.15) is 0 Å². The van der Waals surface area contributed by atoms with Gasteiger partial charge in [0.05, 0.1) is 23.1 Å². The minimum Gasteiger partial charge on any atom is -0.475 e. The molecular weight excluding hydrogens is 508 g/mol. The number of fused-ring (bicyclic) bond motifs is 2. The molecule has 1 amide bonds. The molecule has 10 nitrogen and oxygen atoms in total. The number of hydrogen-bond acceptors (Lipinski definition) is 7. The van der Waals surface area contributed by atoms with Crippen molar-refractivity contribution in [3.05, 3.63) is 58.9 Å². The first-order valence-electron chi connectivity index (χ1n) is 9.99. The monoisotopic (exact) mass is 526 g/mol. The Morgan fingerprint density at radius 2 is 1.89 bits per heavy atom. The normalized spacial score (nSPS) is 11.9. The number of pyridine rings is 1. The Kier molecular flexibility index (Phi) is 7.84. The van der Waals surface area contributed by atoms with Crippen LogP contribution in [0.1, 0.15) is 6.92 Å². The van der Waals surface area contributed by atoms with Crippen LogP contribution in [0, 0.1) is 0 Å². The molecule has 3 heterocycles. The van der Waals surface area contributed by atoms with Crippen molar-refractivity contribution in [3.63, 3.8) is 0 Å². The molecule has 0 aliphatic rings. The molecule has 0 fully saturated rings. The summed E-state index contributed by atoms with van der Waals surface area (Å²) < 4.78 is 48.1. The molecule has 0 saturated carbocycles. The Morgan fingerprint density at radius 3 is 2.47 bits per heavy atom. The number of nitrogens with one attached hydrogen (secondary N) is 1. The van der Waals surface area contributed by atoms with E-state index in [0.717, 1.165) is 21.3 Å². The maximum atomic E-state index is 12.8. The summed E-state index contributed by atoms with van der Waals surface area (Å²) in [5.41, 5.74) is 8.23. The maximum Gasteiger partial charge on any atom is 0.490 e. The van der Waals surface area contributed by atoms with E-state index in [9.17, 15) is 27.2 Å². The molecule has 190 valence electrons. The van der Waals surface area contributed by atoms with Gasteiger partial charge in [0.25, 0.3) is 0 Å². The van der Waals surface area contributed by atoms with Crippen molar-refractivity contribution in [2.24, 2.45) is 5.73 Å². The number of thiazole rings is 1. The summed E-state index contributed by atoms with van der Waals surface area (Å²) in [5.74, 6) is -2.93. The number of alkyl halides is 3. The van der Waals surface area contributed by atoms with Gasteiger partial charge >= 0.3 is 17.8 Å². The molecule has 0 aliphatic heterocycles. The number of carbonyl (C=O) groups excluding carboxylic acids is 1. The Hall–Kier alpha value is -4.11. The summed E-state index contributed by atoms with van der Waals surface area (Å²) in [6, 6.07) is 9.31. The van der Waals surface area contributed by atoms with Crippen molar-refractivity contribution in [2.75, 3.05) is 11.9 Å². The van der Waals surface area contributed by atoms with Gasteiger partial charge in [-0.2, -0.15) is 13.2 Å². The smallest absolute Gasteiger partial charge is 0.475 e. The van der Waals surface area contributed by atoms with Crippen molar-refractivity contribution in [1.29, 1.82) is 0 Å². The fraction of sp³-hybridized carbons (Fsp3) is 0.190. The van der Waals surface area contributed by atoms with Crippen LogP contribution in [0.2, 0.25) is 0 Å². The highest BCUT2D eigenvalue weighted by Gasteiger charge is 2.38. The number of aliphatic carboxylic acids is 1. The quantitative estimate of drug-likeness (QED) is 0.339. The van der Waals surface area contributed by atoms with Crippen LogP contribution in [0.4, 0.5) is 22.7 Å². The third kappa shape index (κ3) is 6.11. The van der Waals surface area contributed by atoms with E-state index in [1.165, 1.54) is 27.3 Å². The van der Waals surface area contributed by atoms with Crippen LogP contribution in [0.15, 0.2) is 53.2 Å². The SMILES string of the molecule is CC(=O)Nc1nc2cc(-c3ccc4nn(C/C(=C/F)CN)c(=O)n4c3)ccc2s1.O=C(O)C(F)(F)F. The number of hydrogen-bond donors (Lipinski definition) is 3. The van der Waals surface area contributed by atoms with Crippen molar-refractivity contribution in [3.8, 4) is 11.1 Å². The molecule has 15 heteroatoms. The average Bonchev–Trinajstić information content (AvgIpc) is 3.35. The molecule has 0 atom stereocenters. The van der Waals surface area contributed by atoms with Gasteiger partial charge in [0.2, 0.25) is 5.91 Å². The summed E-state index contributed by atoms with van der Waals surface area (Å²) >= 11 is 1.39. The Labute approximate surface area is 203 Å². The molecule has 0 aliphatic carbocycles. The van der Waals surface area contributed by atoms with Gasteiger partial charge in [-0.15, -0.1) is 5.10 Å². The van der Waals surface area contributed by atoms with Crippen molar-refractivity contribution >= 4 is 44.2 Å². The molecule has 36 heavy (non-hydrogen) atoms. The average molecular weight is 526 g/mol. The highest BCUT2D eigenvalue weighted by molar-refractivity contribution is 7.22. The van der Waals surface area contributed by atoms with Crippen molar-refractivity contribution in [2.45, 2.75) is 19.6 Å². The third-order valence-electron chi connectivity index (χ3n) is 4.59. The number of halogens is 4. The number of nitrogens with zero attached hydrogens (tertiary/aromatic N) is 4. The van der Waals surface area contributed by atoms with Gasteiger partial charge in [-0.25, -0.2) is 28.0 Å². The first kappa shape index (κ1) is 26.5. The maximum absolute atomic E-state index is 12.8. The van der Waals surface area contributed by atoms with E-state index in [4.69, 9.17) is 15.6 Å². The van der Waals surface area contributed by atoms with Crippen LogP contribution in [0.25, 0.3) is 27.0 Å². The van der Waals surface area contributed by atoms with E-state index in [1.807, 2.05) is 24.3 Å². The molecule has 1 aromatic carbocycles. The number of rotatable bonds is 5. The zero-order chi connectivity index (χ0) is 26.6. The summed E-state index contributed by atoms with van der Waals surface area (Å²) in [6.45, 7) is 1.44. The summed E-state index contributed by atoms with van der Waals surface area (Å²) in [6.07, 6.45) is -3.00. The predicted molar refractivity (Wildman–Crippen MR) is 124 cm³/mol. The van der Waals surface area contributed by atoms with Crippen LogP contribution in [-0.2, 0) is 16.1 Å². The van der Waals surface area contributed by atoms with Crippen molar-refractivity contribution < 1.29 is 32.3 Å². The molecule has 3 aromatic heterocycles. The first-order chi connectivity index (χ1) is 16.9. The fourth-order valence-corrected chi connectivity index (χ4v) is 3.83. The van der Waals surface area contributed by atoms with E-state index in [-0.39, 0.29) is 30.3 Å². The van der Waals surface area contributed by atoms with Gasteiger partial charge in [0, 0.05) is 19.7 Å². The second kappa shape index (κ2) is 10.7. The number of carboxylic acids is 1. The van der Waals surface area contributed by atoms with Gasteiger partial charge in [-0.3, -0.25) is 4.79 Å². The lowest BCUT2D eigenvalue weighted by molar-refractivity contribution is -0.192. The molecule has 0 spiro atoms. The second-order valence-corrected chi connectivity index (χ2v) is 8.27. The van der Waals surface area contributed by atoms with Gasteiger partial charge < -0.3 is 16.2 Å². The topological polar surface area (TPSA) is 145 Å². The molecule has 4 aromatic rings. The van der Waals surface area contributed by atoms with Gasteiger partial charge in [-0.05, 0) is 41.0 Å². The number of carboxylic acid groups (broad SMARTS) is 1. The molecule has 0 radical (unpaired) electrons. The van der Waals surface area contributed by atoms with Crippen LogP contribution < -0.4 is 16.7 Å². The molecule has 4 rings (SSSR count). The highest BCUT2D eigenvalue weighted by atomic mass is 32.1. The summed E-state index contributed by atoms with van der Waals surface area (Å²) in [7, 11) is 0.